The van der Waals surface area contributed by atoms with Crippen molar-refractivity contribution < 1.29 is 14.5 Å². The molecule has 0 spiro atoms. The summed E-state index contributed by atoms with van der Waals surface area (Å²) in [7, 11) is 0. The molecule has 1 aliphatic rings. The van der Waals surface area contributed by atoms with Crippen molar-refractivity contribution in [3.63, 3.8) is 0 Å². The summed E-state index contributed by atoms with van der Waals surface area (Å²) in [5.41, 5.74) is 0.103. The number of non-ortho nitro benzene ring substituents is 1. The molecule has 0 bridgehead atoms. The van der Waals surface area contributed by atoms with Crippen molar-refractivity contribution in [1.82, 2.24) is 10.2 Å². The zero-order valence-corrected chi connectivity index (χ0v) is 12.1. The number of carbonyl (C=O) groups excluding carboxylic acids is 2. The van der Waals surface area contributed by atoms with E-state index in [-0.39, 0.29) is 22.9 Å². The van der Waals surface area contributed by atoms with E-state index in [0.29, 0.717) is 5.56 Å². The number of nitrogens with zero attached hydrogens (tertiary/aromatic N) is 2. The van der Waals surface area contributed by atoms with Gasteiger partial charge in [-0.25, -0.2) is 0 Å². The lowest BCUT2D eigenvalue weighted by molar-refractivity contribution is -0.384. The van der Waals surface area contributed by atoms with Crippen LogP contribution in [0.1, 0.15) is 5.56 Å². The van der Waals surface area contributed by atoms with E-state index in [4.69, 9.17) is 12.2 Å². The Morgan fingerprint density at radius 1 is 1.41 bits per heavy atom. The number of rotatable bonds is 4. The fourth-order valence-corrected chi connectivity index (χ4v) is 2.13. The molecular formula is C14H11N3O4S. The van der Waals surface area contributed by atoms with Crippen LogP contribution in [-0.2, 0) is 9.59 Å². The van der Waals surface area contributed by atoms with Crippen LogP contribution >= 0.6 is 12.2 Å². The number of nitro groups is 1. The molecule has 0 atom stereocenters. The molecule has 2 amide bonds. The molecular weight excluding hydrogens is 306 g/mol. The van der Waals surface area contributed by atoms with Gasteiger partial charge in [-0.3, -0.25) is 29.9 Å². The third-order valence-corrected chi connectivity index (χ3v) is 3.21. The number of amides is 2. The van der Waals surface area contributed by atoms with Crippen molar-refractivity contribution in [2.75, 3.05) is 6.54 Å². The number of carbonyl (C=O) groups is 2. The van der Waals surface area contributed by atoms with Crippen LogP contribution in [0, 0.1) is 10.1 Å². The van der Waals surface area contributed by atoms with E-state index in [1.54, 1.807) is 6.07 Å². The van der Waals surface area contributed by atoms with Gasteiger partial charge < -0.3 is 0 Å². The Balaban J connectivity index is 2.40. The fraction of sp³-hybridized carbons (Fsp3) is 0.0714. The summed E-state index contributed by atoms with van der Waals surface area (Å²) in [5, 5.41) is 13.2. The van der Waals surface area contributed by atoms with E-state index in [9.17, 15) is 19.7 Å². The molecule has 8 heteroatoms. The first-order valence-corrected chi connectivity index (χ1v) is 6.59. The van der Waals surface area contributed by atoms with Gasteiger partial charge in [-0.15, -0.1) is 6.58 Å². The van der Waals surface area contributed by atoms with E-state index in [1.807, 2.05) is 0 Å². The van der Waals surface area contributed by atoms with Crippen LogP contribution in [-0.4, -0.2) is 33.3 Å². The van der Waals surface area contributed by atoms with Gasteiger partial charge in [-0.1, -0.05) is 18.2 Å². The van der Waals surface area contributed by atoms with Crippen LogP contribution in [0.15, 0.2) is 42.5 Å². The Labute approximate surface area is 131 Å². The van der Waals surface area contributed by atoms with Crippen molar-refractivity contribution in [3.8, 4) is 0 Å². The molecule has 112 valence electrons. The molecule has 2 rings (SSSR count). The number of nitro benzene ring substituents is 1. The first-order chi connectivity index (χ1) is 10.4. The summed E-state index contributed by atoms with van der Waals surface area (Å²) >= 11 is 4.93. The van der Waals surface area contributed by atoms with Crippen molar-refractivity contribution >= 4 is 40.9 Å². The van der Waals surface area contributed by atoms with Gasteiger partial charge in [-0.05, 0) is 23.9 Å². The van der Waals surface area contributed by atoms with Crippen molar-refractivity contribution in [1.29, 1.82) is 0 Å². The van der Waals surface area contributed by atoms with Gasteiger partial charge in [0.05, 0.1) is 4.92 Å². The molecule has 0 radical (unpaired) electrons. The van der Waals surface area contributed by atoms with E-state index < -0.39 is 16.7 Å². The maximum atomic E-state index is 12.3. The smallest absolute Gasteiger partial charge is 0.270 e. The minimum atomic E-state index is -0.637. The minimum absolute atomic E-state index is 0.00564. The molecule has 1 fully saturated rings. The van der Waals surface area contributed by atoms with Crippen LogP contribution in [0.25, 0.3) is 6.08 Å². The summed E-state index contributed by atoms with van der Waals surface area (Å²) < 4.78 is 0. The third kappa shape index (κ3) is 3.07. The number of hydrogen-bond donors (Lipinski definition) is 1. The molecule has 1 aromatic carbocycles. The topological polar surface area (TPSA) is 92.6 Å². The minimum Gasteiger partial charge on any atom is -0.298 e. The highest BCUT2D eigenvalue weighted by Gasteiger charge is 2.32. The highest BCUT2D eigenvalue weighted by Crippen LogP contribution is 2.18. The van der Waals surface area contributed by atoms with Gasteiger partial charge in [0, 0.05) is 18.7 Å². The van der Waals surface area contributed by atoms with E-state index in [0.717, 1.165) is 0 Å². The lowest BCUT2D eigenvalue weighted by atomic mass is 10.1. The van der Waals surface area contributed by atoms with Gasteiger partial charge in [0.1, 0.15) is 5.57 Å². The Hall–Kier alpha value is -2.87. The lowest BCUT2D eigenvalue weighted by Crippen LogP contribution is -2.53. The summed E-state index contributed by atoms with van der Waals surface area (Å²) in [6.45, 7) is 3.68. The quantitative estimate of drug-likeness (QED) is 0.226. The van der Waals surface area contributed by atoms with Gasteiger partial charge >= 0.3 is 0 Å². The molecule has 1 saturated heterocycles. The number of nitrogens with one attached hydrogen (secondary N) is 1. The normalized spacial score (nSPS) is 16.6. The maximum absolute atomic E-state index is 12.3. The van der Waals surface area contributed by atoms with Crippen LogP contribution in [0.3, 0.4) is 0 Å². The Kier molecular flexibility index (Phi) is 4.42. The number of thiocarbonyl (C=S) groups is 1. The van der Waals surface area contributed by atoms with Crippen molar-refractivity contribution in [2.24, 2.45) is 0 Å². The van der Waals surface area contributed by atoms with Crippen LogP contribution in [0.4, 0.5) is 5.69 Å². The van der Waals surface area contributed by atoms with Crippen LogP contribution < -0.4 is 5.32 Å². The van der Waals surface area contributed by atoms with Gasteiger partial charge in [-0.2, -0.15) is 0 Å². The van der Waals surface area contributed by atoms with E-state index >= 15 is 0 Å². The summed E-state index contributed by atoms with van der Waals surface area (Å²) in [4.78, 5) is 35.6. The average molecular weight is 317 g/mol. The molecule has 0 aromatic heterocycles. The Bertz CT molecular complexity index is 727. The summed E-state index contributed by atoms with van der Waals surface area (Å²) in [5.74, 6) is -1.21. The molecule has 22 heavy (non-hydrogen) atoms. The maximum Gasteiger partial charge on any atom is 0.270 e. The van der Waals surface area contributed by atoms with Crippen LogP contribution in [0.5, 0.6) is 0 Å². The molecule has 1 heterocycles. The molecule has 0 unspecified atom stereocenters. The van der Waals surface area contributed by atoms with Gasteiger partial charge in [0.25, 0.3) is 17.5 Å². The summed E-state index contributed by atoms with van der Waals surface area (Å²) in [6, 6.07) is 5.63. The third-order valence-electron chi connectivity index (χ3n) is 2.89. The molecule has 1 N–H and O–H groups in total. The Morgan fingerprint density at radius 3 is 2.77 bits per heavy atom. The second-order valence-electron chi connectivity index (χ2n) is 4.37. The van der Waals surface area contributed by atoms with E-state index in [2.05, 4.69) is 11.9 Å². The fourth-order valence-electron chi connectivity index (χ4n) is 1.88. The molecule has 0 aliphatic carbocycles. The molecule has 1 aromatic rings. The average Bonchev–Trinajstić information content (AvgIpc) is 2.48. The van der Waals surface area contributed by atoms with Gasteiger partial charge in [0.2, 0.25) is 0 Å². The highest BCUT2D eigenvalue weighted by molar-refractivity contribution is 7.80. The second-order valence-corrected chi connectivity index (χ2v) is 4.76. The first-order valence-electron chi connectivity index (χ1n) is 6.18. The van der Waals surface area contributed by atoms with E-state index in [1.165, 1.54) is 35.3 Å². The SMILES string of the molecule is C=CCN1C(=O)C(=Cc2cccc([N+](=O)[O-])c2)C(=O)NC1=S. The largest absolute Gasteiger partial charge is 0.298 e. The zero-order chi connectivity index (χ0) is 16.3. The highest BCUT2D eigenvalue weighted by atomic mass is 32.1. The lowest BCUT2D eigenvalue weighted by Gasteiger charge is -2.27. The molecule has 1 aliphatic heterocycles. The summed E-state index contributed by atoms with van der Waals surface area (Å²) in [6.07, 6.45) is 2.77. The monoisotopic (exact) mass is 317 g/mol. The van der Waals surface area contributed by atoms with Crippen molar-refractivity contribution in [2.45, 2.75) is 0 Å². The second kappa shape index (κ2) is 6.27. The molecule has 7 nitrogen and oxygen atoms in total. The number of hydrogen-bond acceptors (Lipinski definition) is 5. The predicted molar refractivity (Wildman–Crippen MR) is 83.7 cm³/mol. The Morgan fingerprint density at radius 2 is 2.14 bits per heavy atom. The predicted octanol–water partition coefficient (Wildman–Crippen LogP) is 1.41. The molecule has 0 saturated carbocycles. The number of benzene rings is 1. The zero-order valence-electron chi connectivity index (χ0n) is 11.3. The van der Waals surface area contributed by atoms with Gasteiger partial charge in [0.15, 0.2) is 5.11 Å². The first kappa shape index (κ1) is 15.5. The van der Waals surface area contributed by atoms with Crippen LogP contribution in [0.2, 0.25) is 0 Å². The van der Waals surface area contributed by atoms with Crippen molar-refractivity contribution in [3.05, 3.63) is 58.2 Å². The standard InChI is InChI=1S/C14H11N3O4S/c1-2-6-16-13(19)11(12(18)15-14(16)22)8-9-4-3-5-10(7-9)17(20)21/h2-5,7-8H,1,6H2,(H,15,18,22).